The molecular formula is C19H33IN4OS2. The van der Waals surface area contributed by atoms with Crippen LogP contribution in [0.4, 0.5) is 0 Å². The fraction of sp³-hybridized carbons (Fsp3) is 0.789. The van der Waals surface area contributed by atoms with E-state index in [1.165, 1.54) is 25.7 Å². The fourth-order valence-corrected chi connectivity index (χ4v) is 5.38. The number of hydrogen-bond donors (Lipinski definition) is 1. The Morgan fingerprint density at radius 3 is 2.78 bits per heavy atom. The van der Waals surface area contributed by atoms with Crippen LogP contribution in [0.3, 0.4) is 0 Å². The third-order valence-corrected chi connectivity index (χ3v) is 7.29. The van der Waals surface area contributed by atoms with E-state index in [9.17, 15) is 0 Å². The number of aliphatic imine (C=N–C) groups is 1. The number of piperidine rings is 1. The van der Waals surface area contributed by atoms with Gasteiger partial charge >= 0.3 is 0 Å². The monoisotopic (exact) mass is 524 g/mol. The zero-order valence-electron chi connectivity index (χ0n) is 16.3. The van der Waals surface area contributed by atoms with Gasteiger partial charge in [-0.2, -0.15) is 0 Å². The number of hydrogen-bond acceptors (Lipinski definition) is 5. The van der Waals surface area contributed by atoms with Gasteiger partial charge in [0.2, 0.25) is 0 Å². The Hall–Kier alpha value is -0.0600. The molecule has 27 heavy (non-hydrogen) atoms. The number of nitrogens with zero attached hydrogens (tertiary/aromatic N) is 3. The van der Waals surface area contributed by atoms with Crippen LogP contribution in [0.15, 0.2) is 20.9 Å². The highest BCUT2D eigenvalue weighted by molar-refractivity contribution is 14.0. The van der Waals surface area contributed by atoms with E-state index in [1.54, 1.807) is 11.3 Å². The van der Waals surface area contributed by atoms with Crippen LogP contribution in [0.5, 0.6) is 0 Å². The zero-order valence-corrected chi connectivity index (χ0v) is 20.2. The molecule has 0 aromatic carbocycles. The molecular weight excluding hydrogens is 491 g/mol. The first-order valence-electron chi connectivity index (χ1n) is 9.94. The molecule has 154 valence electrons. The van der Waals surface area contributed by atoms with Crippen molar-refractivity contribution < 1.29 is 4.74 Å². The molecule has 2 fully saturated rings. The molecule has 1 aliphatic heterocycles. The lowest BCUT2D eigenvalue weighted by Gasteiger charge is -2.34. The maximum absolute atomic E-state index is 6.18. The van der Waals surface area contributed by atoms with Crippen LogP contribution < -0.4 is 5.32 Å². The minimum absolute atomic E-state index is 0. The van der Waals surface area contributed by atoms with Gasteiger partial charge in [0.25, 0.3) is 0 Å². The minimum atomic E-state index is 0. The van der Waals surface area contributed by atoms with Crippen molar-refractivity contribution in [2.45, 2.75) is 55.4 Å². The predicted molar refractivity (Wildman–Crippen MR) is 127 cm³/mol. The Morgan fingerprint density at radius 2 is 2.11 bits per heavy atom. The van der Waals surface area contributed by atoms with E-state index in [0.29, 0.717) is 6.10 Å². The average Bonchev–Trinajstić information content (AvgIpc) is 3.37. The lowest BCUT2D eigenvalue weighted by molar-refractivity contribution is 0.00102. The molecule has 1 saturated heterocycles. The van der Waals surface area contributed by atoms with Gasteiger partial charge in [0, 0.05) is 50.6 Å². The van der Waals surface area contributed by atoms with Crippen molar-refractivity contribution in [1.29, 1.82) is 0 Å². The molecule has 5 nitrogen and oxygen atoms in total. The molecule has 2 heterocycles. The Kier molecular flexibility index (Phi) is 11.4. The molecule has 1 N–H and O–H groups in total. The summed E-state index contributed by atoms with van der Waals surface area (Å²) in [6.07, 6.45) is 11.2. The molecule has 0 atom stereocenters. The summed E-state index contributed by atoms with van der Waals surface area (Å²) in [5, 5.41) is 5.55. The number of rotatable bonds is 8. The van der Waals surface area contributed by atoms with Crippen LogP contribution in [-0.2, 0) is 4.74 Å². The minimum Gasteiger partial charge on any atom is -0.378 e. The van der Waals surface area contributed by atoms with E-state index in [-0.39, 0.29) is 24.0 Å². The number of halogens is 1. The van der Waals surface area contributed by atoms with E-state index in [0.717, 1.165) is 67.5 Å². The van der Waals surface area contributed by atoms with Crippen molar-refractivity contribution >= 4 is 53.0 Å². The van der Waals surface area contributed by atoms with Crippen molar-refractivity contribution in [2.75, 3.05) is 39.0 Å². The molecule has 0 spiro atoms. The van der Waals surface area contributed by atoms with Gasteiger partial charge in [0.05, 0.1) is 6.10 Å². The molecule has 0 bridgehead atoms. The largest absolute Gasteiger partial charge is 0.378 e. The third kappa shape index (κ3) is 8.06. The number of likely N-dealkylation sites (tertiary alicyclic amines) is 1. The number of aromatic nitrogens is 1. The summed E-state index contributed by atoms with van der Waals surface area (Å²) in [7, 11) is 1.88. The quantitative estimate of drug-likeness (QED) is 0.179. The van der Waals surface area contributed by atoms with Crippen molar-refractivity contribution in [3.8, 4) is 0 Å². The summed E-state index contributed by atoms with van der Waals surface area (Å²) in [6.45, 7) is 4.03. The van der Waals surface area contributed by atoms with E-state index in [4.69, 9.17) is 4.74 Å². The molecule has 0 amide bonds. The van der Waals surface area contributed by atoms with Crippen LogP contribution in [0, 0.1) is 5.92 Å². The maximum atomic E-state index is 6.18. The van der Waals surface area contributed by atoms with E-state index < -0.39 is 0 Å². The van der Waals surface area contributed by atoms with E-state index in [1.807, 2.05) is 30.4 Å². The van der Waals surface area contributed by atoms with Gasteiger partial charge in [-0.25, -0.2) is 4.98 Å². The van der Waals surface area contributed by atoms with Crippen molar-refractivity contribution in [3.05, 3.63) is 11.6 Å². The normalized spacial score (nSPS) is 19.3. The van der Waals surface area contributed by atoms with Gasteiger partial charge in [-0.05, 0) is 38.0 Å². The van der Waals surface area contributed by atoms with Gasteiger partial charge in [-0.3, -0.25) is 4.99 Å². The topological polar surface area (TPSA) is 49.8 Å². The smallest absolute Gasteiger partial charge is 0.193 e. The fourth-order valence-electron chi connectivity index (χ4n) is 3.73. The summed E-state index contributed by atoms with van der Waals surface area (Å²) in [5.74, 6) is 2.96. The second-order valence-electron chi connectivity index (χ2n) is 7.14. The average molecular weight is 525 g/mol. The Bertz CT molecular complexity index is 530. The zero-order chi connectivity index (χ0) is 18.0. The van der Waals surface area contributed by atoms with Crippen LogP contribution in [0.1, 0.15) is 44.9 Å². The van der Waals surface area contributed by atoms with Crippen LogP contribution in [0.2, 0.25) is 0 Å². The first kappa shape index (κ1) is 23.2. The number of thioether (sulfide) groups is 1. The summed E-state index contributed by atoms with van der Waals surface area (Å²) in [5.41, 5.74) is 0. The molecule has 1 saturated carbocycles. The summed E-state index contributed by atoms with van der Waals surface area (Å²) >= 11 is 3.55. The molecule has 2 aliphatic rings. The predicted octanol–water partition coefficient (Wildman–Crippen LogP) is 4.49. The molecule has 1 aliphatic carbocycles. The second kappa shape index (κ2) is 13.2. The molecule has 8 heteroatoms. The summed E-state index contributed by atoms with van der Waals surface area (Å²) < 4.78 is 7.34. The highest BCUT2D eigenvalue weighted by atomic mass is 127. The van der Waals surface area contributed by atoms with Gasteiger partial charge < -0.3 is 15.0 Å². The molecule has 1 aromatic heterocycles. The summed E-state index contributed by atoms with van der Waals surface area (Å²) in [4.78, 5) is 11.1. The Labute approximate surface area is 189 Å². The standard InChI is InChI=1S/C19H32N4OS2.HI/c1-20-18(21-9-4-13-25-19-22-10-14-26-19)23-11-7-17(8-12-23)24-15-16-5-2-3-6-16;/h10,14,16-17H,2-9,11-13,15H2,1H3,(H,20,21);1H. The number of ether oxygens (including phenoxy) is 1. The van der Waals surface area contributed by atoms with Gasteiger partial charge in [-0.15, -0.1) is 35.3 Å². The third-order valence-electron chi connectivity index (χ3n) is 5.24. The van der Waals surface area contributed by atoms with Gasteiger partial charge in [0.1, 0.15) is 4.34 Å². The highest BCUT2D eigenvalue weighted by Gasteiger charge is 2.23. The molecule has 0 radical (unpaired) electrons. The maximum Gasteiger partial charge on any atom is 0.193 e. The molecule has 3 rings (SSSR count). The van der Waals surface area contributed by atoms with Crippen molar-refractivity contribution in [1.82, 2.24) is 15.2 Å². The van der Waals surface area contributed by atoms with Crippen LogP contribution >= 0.6 is 47.1 Å². The van der Waals surface area contributed by atoms with Gasteiger partial charge in [-0.1, -0.05) is 24.6 Å². The second-order valence-corrected chi connectivity index (χ2v) is 9.38. The number of nitrogens with one attached hydrogen (secondary N) is 1. The van der Waals surface area contributed by atoms with Crippen LogP contribution in [-0.4, -0.2) is 61.0 Å². The van der Waals surface area contributed by atoms with E-state index in [2.05, 4.69) is 20.2 Å². The lowest BCUT2D eigenvalue weighted by atomic mass is 10.1. The Balaban J connectivity index is 0.00000261. The SMILES string of the molecule is CN=C(NCCCSc1nccs1)N1CCC(OCC2CCCC2)CC1.I. The molecule has 0 unspecified atom stereocenters. The van der Waals surface area contributed by atoms with Gasteiger partial charge in [0.15, 0.2) is 5.96 Å². The van der Waals surface area contributed by atoms with Crippen molar-refractivity contribution in [3.63, 3.8) is 0 Å². The first-order valence-corrected chi connectivity index (χ1v) is 11.8. The van der Waals surface area contributed by atoms with Crippen molar-refractivity contribution in [2.24, 2.45) is 10.9 Å². The first-order chi connectivity index (χ1) is 12.8. The molecule has 1 aromatic rings. The van der Waals surface area contributed by atoms with E-state index >= 15 is 0 Å². The number of thiazole rings is 1. The summed E-state index contributed by atoms with van der Waals surface area (Å²) in [6, 6.07) is 0. The van der Waals surface area contributed by atoms with Crippen LogP contribution in [0.25, 0.3) is 0 Å². The Morgan fingerprint density at radius 1 is 1.33 bits per heavy atom. The highest BCUT2D eigenvalue weighted by Crippen LogP contribution is 2.26. The number of guanidine groups is 1. The lowest BCUT2D eigenvalue weighted by Crippen LogP contribution is -2.47.